The zero-order valence-corrected chi connectivity index (χ0v) is 19.3. The van der Waals surface area contributed by atoms with E-state index in [1.807, 2.05) is 14.1 Å². The third kappa shape index (κ3) is 4.08. The molecule has 3 rings (SSSR count). The fraction of sp³-hybridized carbons (Fsp3) is 0.435. The number of carbonyl (C=O) groups is 3. The summed E-state index contributed by atoms with van der Waals surface area (Å²) in [6.45, 7) is 6.11. The number of aryl methyl sites for hydroxylation is 2. The number of nitrogens with zero attached hydrogens (tertiary/aromatic N) is 1. The summed E-state index contributed by atoms with van der Waals surface area (Å²) in [7, 11) is 5.25. The summed E-state index contributed by atoms with van der Waals surface area (Å²) in [5.41, 5.74) is 0.959. The molecular weight excluding hydrogens is 414 g/mol. The Labute approximate surface area is 186 Å². The van der Waals surface area contributed by atoms with Crippen molar-refractivity contribution in [2.24, 2.45) is 0 Å². The van der Waals surface area contributed by atoms with Crippen molar-refractivity contribution in [3.05, 3.63) is 51.7 Å². The summed E-state index contributed by atoms with van der Waals surface area (Å²) in [4.78, 5) is 43.5. The average molecular weight is 444 g/mol. The third-order valence-electron chi connectivity index (χ3n) is 5.69. The normalized spacial score (nSPS) is 18.1. The Kier molecular flexibility index (Phi) is 6.59. The second-order valence-corrected chi connectivity index (χ2v) is 8.35. The topological polar surface area (TPSA) is 120 Å². The maximum atomic E-state index is 13.6. The molecule has 9 heteroatoms. The number of aromatic nitrogens is 1. The van der Waals surface area contributed by atoms with Gasteiger partial charge in [0.1, 0.15) is 23.3 Å². The second-order valence-electron chi connectivity index (χ2n) is 8.35. The van der Waals surface area contributed by atoms with Gasteiger partial charge in [-0.2, -0.15) is 0 Å². The smallest absolute Gasteiger partial charge is 0.354 e. The number of likely N-dealkylation sites (tertiary alicyclic amines) is 1. The van der Waals surface area contributed by atoms with Crippen LogP contribution in [0.15, 0.2) is 22.1 Å². The molecule has 3 heterocycles. The van der Waals surface area contributed by atoms with E-state index < -0.39 is 29.5 Å². The van der Waals surface area contributed by atoms with Gasteiger partial charge in [-0.1, -0.05) is 5.76 Å². The molecule has 1 saturated heterocycles. The van der Waals surface area contributed by atoms with E-state index in [4.69, 9.17) is 9.15 Å². The van der Waals surface area contributed by atoms with E-state index in [9.17, 15) is 19.5 Å². The molecule has 1 aliphatic rings. The summed E-state index contributed by atoms with van der Waals surface area (Å²) in [5.74, 6) is -1.80. The molecule has 0 saturated carbocycles. The van der Waals surface area contributed by atoms with Crippen molar-refractivity contribution in [1.29, 1.82) is 0 Å². The van der Waals surface area contributed by atoms with Gasteiger partial charge < -0.3 is 29.0 Å². The number of nitrogens with one attached hydrogen (secondary N) is 2. The molecule has 2 aromatic rings. The van der Waals surface area contributed by atoms with Crippen molar-refractivity contribution in [2.75, 3.05) is 34.3 Å². The van der Waals surface area contributed by atoms with Gasteiger partial charge in [-0.05, 0) is 44.0 Å². The largest absolute Gasteiger partial charge is 0.872 e. The summed E-state index contributed by atoms with van der Waals surface area (Å²) in [6.07, 6.45) is 0.660. The van der Waals surface area contributed by atoms with E-state index in [1.54, 1.807) is 32.9 Å². The summed E-state index contributed by atoms with van der Waals surface area (Å²) in [6, 6.07) is 2.50. The molecule has 0 bridgehead atoms. The van der Waals surface area contributed by atoms with Crippen LogP contribution >= 0.6 is 0 Å². The summed E-state index contributed by atoms with van der Waals surface area (Å²) < 4.78 is 10.5. The SMILES string of the molecule is COC(=O)c1[nH]c(C)c(C([O-])=C2C(=O)C(=O)N(CCC[NH+](C)C)C2c2ccc(C)o2)c1C. The number of carbonyl (C=O) groups excluding carboxylic acids is 3. The molecule has 1 unspecified atom stereocenters. The van der Waals surface area contributed by atoms with Crippen LogP contribution in [0.2, 0.25) is 0 Å². The van der Waals surface area contributed by atoms with Crippen LogP contribution in [0.5, 0.6) is 0 Å². The zero-order chi connectivity index (χ0) is 23.7. The molecule has 1 aliphatic heterocycles. The van der Waals surface area contributed by atoms with E-state index in [0.717, 1.165) is 6.54 Å². The molecule has 1 fully saturated rings. The van der Waals surface area contributed by atoms with Crippen LogP contribution in [-0.2, 0) is 14.3 Å². The maximum absolute atomic E-state index is 13.6. The van der Waals surface area contributed by atoms with Crippen LogP contribution in [0.4, 0.5) is 0 Å². The first-order chi connectivity index (χ1) is 15.1. The summed E-state index contributed by atoms with van der Waals surface area (Å²) in [5, 5.41) is 13.6. The minimum atomic E-state index is -0.913. The highest BCUT2D eigenvalue weighted by atomic mass is 16.5. The number of hydrogen-bond donors (Lipinski definition) is 2. The number of hydrogen-bond acceptors (Lipinski definition) is 6. The number of ether oxygens (including phenoxy) is 1. The van der Waals surface area contributed by atoms with Crippen LogP contribution in [0.1, 0.15) is 51.3 Å². The first-order valence-electron chi connectivity index (χ1n) is 10.5. The van der Waals surface area contributed by atoms with E-state index in [1.165, 1.54) is 16.9 Å². The molecule has 2 N–H and O–H groups in total. The molecule has 172 valence electrons. The predicted octanol–water partition coefficient (Wildman–Crippen LogP) is 0.0782. The maximum Gasteiger partial charge on any atom is 0.354 e. The predicted molar refractivity (Wildman–Crippen MR) is 114 cm³/mol. The minimum Gasteiger partial charge on any atom is -0.872 e. The monoisotopic (exact) mass is 443 g/mol. The number of Topliss-reactive ketones (excluding diaryl/α,β-unsaturated/α-hetero) is 1. The summed E-state index contributed by atoms with van der Waals surface area (Å²) >= 11 is 0. The van der Waals surface area contributed by atoms with Crippen molar-refractivity contribution in [3.8, 4) is 0 Å². The van der Waals surface area contributed by atoms with Crippen molar-refractivity contribution in [3.63, 3.8) is 0 Å². The molecular formula is C23H29N3O6. The van der Waals surface area contributed by atoms with Crippen LogP contribution < -0.4 is 10.0 Å². The number of amides is 1. The highest BCUT2D eigenvalue weighted by Gasteiger charge is 2.45. The van der Waals surface area contributed by atoms with E-state index in [-0.39, 0.29) is 16.8 Å². The molecule has 9 nitrogen and oxygen atoms in total. The Hall–Kier alpha value is -3.33. The molecule has 0 radical (unpaired) electrons. The molecule has 0 aliphatic carbocycles. The Bertz CT molecular complexity index is 1090. The Morgan fingerprint density at radius 3 is 2.50 bits per heavy atom. The fourth-order valence-electron chi connectivity index (χ4n) is 4.13. The first kappa shape index (κ1) is 23.3. The highest BCUT2D eigenvalue weighted by molar-refractivity contribution is 6.46. The molecule has 2 aromatic heterocycles. The van der Waals surface area contributed by atoms with E-state index in [0.29, 0.717) is 35.7 Å². The number of ketones is 1. The van der Waals surface area contributed by atoms with Gasteiger partial charge in [-0.25, -0.2) is 4.79 Å². The van der Waals surface area contributed by atoms with Crippen LogP contribution in [-0.4, -0.2) is 61.8 Å². The van der Waals surface area contributed by atoms with Gasteiger partial charge >= 0.3 is 5.97 Å². The number of esters is 1. The van der Waals surface area contributed by atoms with Crippen LogP contribution in [0.3, 0.4) is 0 Å². The second kappa shape index (κ2) is 9.04. The van der Waals surface area contributed by atoms with Gasteiger partial charge in [0.15, 0.2) is 0 Å². The molecule has 32 heavy (non-hydrogen) atoms. The Balaban J connectivity index is 2.15. The van der Waals surface area contributed by atoms with Gasteiger partial charge in [0.2, 0.25) is 5.78 Å². The number of H-pyrrole nitrogens is 1. The first-order valence-corrected chi connectivity index (χ1v) is 10.5. The molecule has 0 spiro atoms. The lowest BCUT2D eigenvalue weighted by molar-refractivity contribution is -0.858. The number of methoxy groups -OCH3 is 1. The Morgan fingerprint density at radius 1 is 1.25 bits per heavy atom. The quantitative estimate of drug-likeness (QED) is 0.271. The average Bonchev–Trinajstić information content (AvgIpc) is 3.36. The molecule has 1 atom stereocenters. The third-order valence-corrected chi connectivity index (χ3v) is 5.69. The zero-order valence-electron chi connectivity index (χ0n) is 19.3. The van der Waals surface area contributed by atoms with Gasteiger partial charge in [-0.3, -0.25) is 9.59 Å². The minimum absolute atomic E-state index is 0.141. The molecule has 1 amide bonds. The van der Waals surface area contributed by atoms with E-state index >= 15 is 0 Å². The van der Waals surface area contributed by atoms with Gasteiger partial charge in [-0.15, -0.1) is 0 Å². The van der Waals surface area contributed by atoms with Crippen molar-refractivity contribution in [1.82, 2.24) is 9.88 Å². The highest BCUT2D eigenvalue weighted by Crippen LogP contribution is 2.40. The van der Waals surface area contributed by atoms with Gasteiger partial charge in [0.05, 0.1) is 27.7 Å². The van der Waals surface area contributed by atoms with Crippen molar-refractivity contribution in [2.45, 2.75) is 33.2 Å². The Morgan fingerprint density at radius 2 is 1.94 bits per heavy atom. The lowest BCUT2D eigenvalue weighted by Crippen LogP contribution is -3.05. The van der Waals surface area contributed by atoms with Crippen LogP contribution in [0.25, 0.3) is 5.76 Å². The van der Waals surface area contributed by atoms with Crippen LogP contribution in [0, 0.1) is 20.8 Å². The lowest BCUT2D eigenvalue weighted by atomic mass is 9.97. The molecule has 0 aromatic carbocycles. The van der Waals surface area contributed by atoms with Gasteiger partial charge in [0.25, 0.3) is 5.91 Å². The number of rotatable bonds is 7. The fourth-order valence-corrected chi connectivity index (χ4v) is 4.13. The van der Waals surface area contributed by atoms with E-state index in [2.05, 4.69) is 4.98 Å². The lowest BCUT2D eigenvalue weighted by Gasteiger charge is -2.26. The number of quaternary nitrogens is 1. The van der Waals surface area contributed by atoms with Gasteiger partial charge in [0, 0.05) is 24.2 Å². The standard InChI is InChI=1S/C23H29N3O6/c1-12-8-9-15(32-12)19-17(21(28)22(29)26(19)11-7-10-25(4)5)20(27)16-13(2)18(23(30)31-6)24-14(16)3/h8-9,19,24,27H,7,10-11H2,1-6H3. The van der Waals surface area contributed by atoms with Crippen molar-refractivity contribution < 1.29 is 33.5 Å². The van der Waals surface area contributed by atoms with Crippen molar-refractivity contribution >= 4 is 23.4 Å². The number of aromatic amines is 1. The number of furan rings is 1.